The fourth-order valence-electron chi connectivity index (χ4n) is 3.59. The molecule has 0 aromatic heterocycles. The minimum absolute atomic E-state index is 0.223. The molecule has 0 bridgehead atoms. The molecule has 26 heavy (non-hydrogen) atoms. The number of benzene rings is 2. The summed E-state index contributed by atoms with van der Waals surface area (Å²) in [5.74, 6) is -0.789. The summed E-state index contributed by atoms with van der Waals surface area (Å²) in [4.78, 5) is 15.8. The Labute approximate surface area is 163 Å². The molecular weight excluding hydrogens is 371 g/mol. The molecule has 2 aromatic rings. The van der Waals surface area contributed by atoms with Gasteiger partial charge in [-0.25, -0.2) is 0 Å². The average Bonchev–Trinajstić information content (AvgIpc) is 3.07. The van der Waals surface area contributed by atoms with Gasteiger partial charge in [0.1, 0.15) is 6.04 Å². The molecule has 1 heterocycles. The topological polar surface area (TPSA) is 43.8 Å². The van der Waals surface area contributed by atoms with Gasteiger partial charge < -0.3 is 10.0 Å². The number of likely N-dealkylation sites (tertiary alicyclic amines) is 1. The third kappa shape index (κ3) is 3.83. The van der Waals surface area contributed by atoms with Crippen molar-refractivity contribution in [2.75, 3.05) is 25.5 Å². The number of carboxylic acids is 1. The van der Waals surface area contributed by atoms with Crippen molar-refractivity contribution in [3.63, 3.8) is 0 Å². The van der Waals surface area contributed by atoms with E-state index < -0.39 is 12.0 Å². The van der Waals surface area contributed by atoms with E-state index in [0.29, 0.717) is 16.5 Å². The highest BCUT2D eigenvalue weighted by Gasteiger charge is 2.37. The summed E-state index contributed by atoms with van der Waals surface area (Å²) in [6.07, 6.45) is 1.50. The van der Waals surface area contributed by atoms with Gasteiger partial charge in [0.05, 0.1) is 6.04 Å². The van der Waals surface area contributed by atoms with Gasteiger partial charge in [-0.05, 0) is 48.2 Å². The van der Waals surface area contributed by atoms with Crippen LogP contribution >= 0.6 is 23.2 Å². The molecule has 1 N–H and O–H groups in total. The maximum Gasteiger partial charge on any atom is 0.320 e. The van der Waals surface area contributed by atoms with Crippen LogP contribution < -0.4 is 4.90 Å². The summed E-state index contributed by atoms with van der Waals surface area (Å²) in [7, 11) is 3.98. The van der Waals surface area contributed by atoms with Gasteiger partial charge in [-0.1, -0.05) is 41.4 Å². The van der Waals surface area contributed by atoms with Gasteiger partial charge in [-0.3, -0.25) is 9.69 Å². The number of carboxylic acid groups (broad SMARTS) is 1. The van der Waals surface area contributed by atoms with Crippen LogP contribution in [0.15, 0.2) is 42.5 Å². The van der Waals surface area contributed by atoms with Gasteiger partial charge in [-0.2, -0.15) is 0 Å². The highest BCUT2D eigenvalue weighted by molar-refractivity contribution is 6.35. The molecule has 1 fully saturated rings. The first-order chi connectivity index (χ1) is 12.4. The molecule has 0 saturated carbocycles. The van der Waals surface area contributed by atoms with E-state index in [1.165, 1.54) is 0 Å². The maximum absolute atomic E-state index is 11.8. The van der Waals surface area contributed by atoms with Crippen molar-refractivity contribution < 1.29 is 9.90 Å². The van der Waals surface area contributed by atoms with Gasteiger partial charge in [-0.15, -0.1) is 0 Å². The minimum Gasteiger partial charge on any atom is -0.480 e. The van der Waals surface area contributed by atoms with Crippen molar-refractivity contribution in [1.82, 2.24) is 4.90 Å². The minimum atomic E-state index is -0.789. The second kappa shape index (κ2) is 7.87. The van der Waals surface area contributed by atoms with Crippen LogP contribution in [0.1, 0.15) is 30.0 Å². The molecule has 2 atom stereocenters. The molecule has 4 nitrogen and oxygen atoms in total. The molecule has 3 rings (SSSR count). The molecular formula is C20H22Cl2N2O2. The molecule has 138 valence electrons. The lowest BCUT2D eigenvalue weighted by molar-refractivity contribution is -0.142. The molecule has 0 radical (unpaired) electrons. The molecule has 2 unspecified atom stereocenters. The number of hydrogen-bond acceptors (Lipinski definition) is 3. The molecule has 1 aliphatic rings. The zero-order chi connectivity index (χ0) is 18.8. The summed E-state index contributed by atoms with van der Waals surface area (Å²) in [5.41, 5.74) is 2.99. The molecule has 0 aliphatic carbocycles. The van der Waals surface area contributed by atoms with Gasteiger partial charge in [0.25, 0.3) is 0 Å². The second-order valence-corrected chi connectivity index (χ2v) is 7.63. The van der Waals surface area contributed by atoms with Gasteiger partial charge in [0, 0.05) is 36.4 Å². The van der Waals surface area contributed by atoms with Crippen molar-refractivity contribution in [3.05, 3.63) is 63.6 Å². The third-order valence-corrected chi connectivity index (χ3v) is 5.46. The van der Waals surface area contributed by atoms with Crippen molar-refractivity contribution in [2.24, 2.45) is 0 Å². The fraction of sp³-hybridized carbons (Fsp3) is 0.350. The second-order valence-electron chi connectivity index (χ2n) is 6.79. The number of nitrogens with zero attached hydrogens (tertiary/aromatic N) is 2. The predicted molar refractivity (Wildman–Crippen MR) is 106 cm³/mol. The van der Waals surface area contributed by atoms with Gasteiger partial charge >= 0.3 is 5.97 Å². The van der Waals surface area contributed by atoms with Crippen LogP contribution in [0.5, 0.6) is 0 Å². The summed E-state index contributed by atoms with van der Waals surface area (Å²) < 4.78 is 0. The number of hydrogen-bond donors (Lipinski definition) is 1. The lowest BCUT2D eigenvalue weighted by atomic mass is 9.95. The molecule has 0 amide bonds. The van der Waals surface area contributed by atoms with Crippen LogP contribution in [-0.2, 0) is 4.79 Å². The summed E-state index contributed by atoms with van der Waals surface area (Å²) in [6.45, 7) is 0.718. The highest BCUT2D eigenvalue weighted by atomic mass is 35.5. The van der Waals surface area contributed by atoms with Crippen LogP contribution in [0.25, 0.3) is 0 Å². The van der Waals surface area contributed by atoms with Crippen molar-refractivity contribution in [2.45, 2.75) is 24.9 Å². The number of carbonyl (C=O) groups is 1. The number of halogens is 2. The van der Waals surface area contributed by atoms with Crippen molar-refractivity contribution >= 4 is 34.9 Å². The summed E-state index contributed by atoms with van der Waals surface area (Å²) in [6, 6.07) is 12.8. The number of aliphatic carboxylic acids is 1. The average molecular weight is 393 g/mol. The quantitative estimate of drug-likeness (QED) is 0.800. The van der Waals surface area contributed by atoms with E-state index in [4.69, 9.17) is 23.2 Å². The summed E-state index contributed by atoms with van der Waals surface area (Å²) >= 11 is 12.6. The van der Waals surface area contributed by atoms with Gasteiger partial charge in [0.2, 0.25) is 0 Å². The van der Waals surface area contributed by atoms with E-state index in [2.05, 4.69) is 0 Å². The largest absolute Gasteiger partial charge is 0.480 e. The number of rotatable bonds is 5. The summed E-state index contributed by atoms with van der Waals surface area (Å²) in [5, 5.41) is 10.8. The molecule has 6 heteroatoms. The maximum atomic E-state index is 11.8. The lowest BCUT2D eigenvalue weighted by Crippen LogP contribution is -2.39. The Balaban J connectivity index is 2.08. The van der Waals surface area contributed by atoms with Crippen LogP contribution in [-0.4, -0.2) is 42.7 Å². The van der Waals surface area contributed by atoms with E-state index >= 15 is 0 Å². The first-order valence-electron chi connectivity index (χ1n) is 8.59. The van der Waals surface area contributed by atoms with Crippen molar-refractivity contribution in [1.29, 1.82) is 0 Å². The molecule has 1 aliphatic heterocycles. The molecule has 0 spiro atoms. The zero-order valence-electron chi connectivity index (χ0n) is 14.8. The molecule has 1 saturated heterocycles. The Hall–Kier alpha value is -1.75. The molecule has 2 aromatic carbocycles. The first-order valence-corrected chi connectivity index (χ1v) is 9.35. The standard InChI is InChI=1S/C20H22Cl2N2O2/c1-23(2)15-8-5-13(6-9-15)19(16-10-7-14(21)12-17(16)22)24-11-3-4-18(24)20(25)26/h5-10,12,18-19H,3-4,11H2,1-2H3,(H,25,26). The Kier molecular flexibility index (Phi) is 5.76. The van der Waals surface area contributed by atoms with Crippen molar-refractivity contribution in [3.8, 4) is 0 Å². The Morgan fingerprint density at radius 3 is 2.46 bits per heavy atom. The monoisotopic (exact) mass is 392 g/mol. The van der Waals surface area contributed by atoms with Crippen LogP contribution in [0.2, 0.25) is 10.0 Å². The Bertz CT molecular complexity index is 793. The first kappa shape index (κ1) is 19.0. The normalized spacial score (nSPS) is 18.7. The smallest absolute Gasteiger partial charge is 0.320 e. The highest BCUT2D eigenvalue weighted by Crippen LogP contribution is 2.39. The van der Waals surface area contributed by atoms with E-state index in [1.54, 1.807) is 12.1 Å². The van der Waals surface area contributed by atoms with E-state index in [9.17, 15) is 9.90 Å². The van der Waals surface area contributed by atoms with E-state index in [1.807, 2.05) is 54.2 Å². The zero-order valence-corrected chi connectivity index (χ0v) is 16.3. The van der Waals surface area contributed by atoms with Crippen LogP contribution in [0.3, 0.4) is 0 Å². The number of anilines is 1. The SMILES string of the molecule is CN(C)c1ccc(C(c2ccc(Cl)cc2Cl)N2CCCC2C(=O)O)cc1. The Morgan fingerprint density at radius 2 is 1.88 bits per heavy atom. The van der Waals surface area contributed by atoms with E-state index in [-0.39, 0.29) is 6.04 Å². The van der Waals surface area contributed by atoms with Gasteiger partial charge in [0.15, 0.2) is 0 Å². The third-order valence-electron chi connectivity index (χ3n) is 4.89. The predicted octanol–water partition coefficient (Wildman–Crippen LogP) is 4.70. The lowest BCUT2D eigenvalue weighted by Gasteiger charge is -2.32. The van der Waals surface area contributed by atoms with Crippen LogP contribution in [0.4, 0.5) is 5.69 Å². The Morgan fingerprint density at radius 1 is 1.19 bits per heavy atom. The van der Waals surface area contributed by atoms with Crippen LogP contribution in [0, 0.1) is 0 Å². The van der Waals surface area contributed by atoms with E-state index in [0.717, 1.165) is 29.8 Å². The fourth-order valence-corrected chi connectivity index (χ4v) is 4.10.